The number of nitrogens with zero attached hydrogens (tertiary/aromatic N) is 1. The minimum absolute atomic E-state index is 0.410. The third-order valence-corrected chi connectivity index (χ3v) is 3.90. The number of nitrogens with one attached hydrogen (secondary N) is 1. The molecule has 0 spiro atoms. The van der Waals surface area contributed by atoms with Crippen LogP contribution in [0.2, 0.25) is 0 Å². The standard InChI is InChI=1S/C14H22N2O/c1-13(2,14(3,4)17)16-12-9-8-10-6-5-7-11(10)15-12/h8-9,17H,5-7H2,1-4H3,(H,15,16). The second-order valence-electron chi connectivity index (χ2n) is 5.96. The molecule has 0 saturated carbocycles. The van der Waals surface area contributed by atoms with E-state index in [1.807, 2.05) is 33.8 Å². The molecule has 3 heteroatoms. The third kappa shape index (κ3) is 2.44. The lowest BCUT2D eigenvalue weighted by Gasteiger charge is -2.38. The Bertz CT molecular complexity index is 419. The van der Waals surface area contributed by atoms with Crippen molar-refractivity contribution in [3.05, 3.63) is 23.4 Å². The molecule has 1 heterocycles. The van der Waals surface area contributed by atoms with Crippen molar-refractivity contribution < 1.29 is 5.11 Å². The molecule has 0 radical (unpaired) electrons. The molecule has 0 bridgehead atoms. The van der Waals surface area contributed by atoms with Gasteiger partial charge in [0.15, 0.2) is 0 Å². The van der Waals surface area contributed by atoms with Gasteiger partial charge in [-0.1, -0.05) is 6.07 Å². The van der Waals surface area contributed by atoms with E-state index < -0.39 is 11.1 Å². The van der Waals surface area contributed by atoms with Crippen LogP contribution in [0, 0.1) is 0 Å². The molecule has 1 aromatic heterocycles. The zero-order chi connectivity index (χ0) is 12.7. The fourth-order valence-electron chi connectivity index (χ4n) is 1.96. The highest BCUT2D eigenvalue weighted by molar-refractivity contribution is 5.43. The minimum atomic E-state index is -0.798. The number of fused-ring (bicyclic) bond motifs is 1. The molecule has 0 unspecified atom stereocenters. The summed E-state index contributed by atoms with van der Waals surface area (Å²) in [4.78, 5) is 4.63. The molecule has 17 heavy (non-hydrogen) atoms. The van der Waals surface area contributed by atoms with Crippen LogP contribution >= 0.6 is 0 Å². The van der Waals surface area contributed by atoms with Crippen molar-refractivity contribution in [1.29, 1.82) is 0 Å². The van der Waals surface area contributed by atoms with Crippen molar-refractivity contribution in [3.8, 4) is 0 Å². The van der Waals surface area contributed by atoms with Crippen LogP contribution in [-0.2, 0) is 12.8 Å². The number of hydrogen-bond donors (Lipinski definition) is 2. The van der Waals surface area contributed by atoms with Crippen molar-refractivity contribution in [2.45, 2.75) is 58.1 Å². The predicted molar refractivity (Wildman–Crippen MR) is 70.3 cm³/mol. The van der Waals surface area contributed by atoms with Crippen LogP contribution < -0.4 is 5.32 Å². The van der Waals surface area contributed by atoms with Gasteiger partial charge in [0.2, 0.25) is 0 Å². The molecule has 1 aliphatic carbocycles. The van der Waals surface area contributed by atoms with Gasteiger partial charge in [-0.2, -0.15) is 0 Å². The molecular weight excluding hydrogens is 212 g/mol. The predicted octanol–water partition coefficient (Wildman–Crippen LogP) is 2.53. The molecule has 2 rings (SSSR count). The van der Waals surface area contributed by atoms with Crippen molar-refractivity contribution in [2.75, 3.05) is 5.32 Å². The van der Waals surface area contributed by atoms with Crippen LogP contribution in [0.25, 0.3) is 0 Å². The van der Waals surface area contributed by atoms with Crippen molar-refractivity contribution in [3.63, 3.8) is 0 Å². The number of hydrogen-bond acceptors (Lipinski definition) is 3. The zero-order valence-corrected chi connectivity index (χ0v) is 11.2. The van der Waals surface area contributed by atoms with E-state index in [0.717, 1.165) is 18.7 Å². The summed E-state index contributed by atoms with van der Waals surface area (Å²) in [5.74, 6) is 0.859. The van der Waals surface area contributed by atoms with Gasteiger partial charge in [0, 0.05) is 5.69 Å². The lowest BCUT2D eigenvalue weighted by Crippen LogP contribution is -2.51. The smallest absolute Gasteiger partial charge is 0.126 e. The number of anilines is 1. The first kappa shape index (κ1) is 12.4. The zero-order valence-electron chi connectivity index (χ0n) is 11.2. The van der Waals surface area contributed by atoms with E-state index in [-0.39, 0.29) is 0 Å². The van der Waals surface area contributed by atoms with Crippen molar-refractivity contribution >= 4 is 5.82 Å². The Kier molecular flexibility index (Phi) is 2.90. The Balaban J connectivity index is 2.20. The second-order valence-corrected chi connectivity index (χ2v) is 5.96. The summed E-state index contributed by atoms with van der Waals surface area (Å²) in [5.41, 5.74) is 1.37. The van der Waals surface area contributed by atoms with Gasteiger partial charge in [0.1, 0.15) is 5.82 Å². The molecule has 3 nitrogen and oxygen atoms in total. The van der Waals surface area contributed by atoms with Crippen LogP contribution in [-0.4, -0.2) is 21.2 Å². The maximum absolute atomic E-state index is 10.1. The summed E-state index contributed by atoms with van der Waals surface area (Å²) >= 11 is 0. The second kappa shape index (κ2) is 3.98. The monoisotopic (exact) mass is 234 g/mol. The van der Waals surface area contributed by atoms with E-state index in [0.29, 0.717) is 0 Å². The van der Waals surface area contributed by atoms with Gasteiger partial charge in [0.05, 0.1) is 11.1 Å². The summed E-state index contributed by atoms with van der Waals surface area (Å²) in [6.45, 7) is 7.60. The first-order valence-electron chi connectivity index (χ1n) is 6.29. The Morgan fingerprint density at radius 2 is 1.88 bits per heavy atom. The maximum atomic E-state index is 10.1. The summed E-state index contributed by atoms with van der Waals surface area (Å²) in [6.07, 6.45) is 3.44. The van der Waals surface area contributed by atoms with E-state index in [2.05, 4.69) is 16.4 Å². The molecule has 0 fully saturated rings. The maximum Gasteiger partial charge on any atom is 0.126 e. The first-order chi connectivity index (χ1) is 7.79. The summed E-state index contributed by atoms with van der Waals surface area (Å²) < 4.78 is 0. The SMILES string of the molecule is CC(C)(O)C(C)(C)Nc1ccc2c(n1)CCC2. The molecule has 94 valence electrons. The van der Waals surface area contributed by atoms with E-state index >= 15 is 0 Å². The molecule has 2 N–H and O–H groups in total. The summed E-state index contributed by atoms with van der Waals surface area (Å²) in [6, 6.07) is 4.16. The minimum Gasteiger partial charge on any atom is -0.388 e. The number of aryl methyl sites for hydroxylation is 2. The molecule has 0 aliphatic heterocycles. The van der Waals surface area contributed by atoms with Crippen LogP contribution in [0.3, 0.4) is 0 Å². The highest BCUT2D eigenvalue weighted by atomic mass is 16.3. The van der Waals surface area contributed by atoms with Crippen molar-refractivity contribution in [2.24, 2.45) is 0 Å². The van der Waals surface area contributed by atoms with Crippen LogP contribution in [0.5, 0.6) is 0 Å². The average molecular weight is 234 g/mol. The molecule has 0 atom stereocenters. The number of aliphatic hydroxyl groups is 1. The molecule has 0 aromatic carbocycles. The van der Waals surface area contributed by atoms with Gasteiger partial charge < -0.3 is 10.4 Å². The normalized spacial score (nSPS) is 15.8. The lowest BCUT2D eigenvalue weighted by molar-refractivity contribution is 0.0239. The Labute approximate surface area is 103 Å². The summed E-state index contributed by atoms with van der Waals surface area (Å²) in [7, 11) is 0. The van der Waals surface area contributed by atoms with Crippen LogP contribution in [0.4, 0.5) is 5.82 Å². The van der Waals surface area contributed by atoms with Gasteiger partial charge >= 0.3 is 0 Å². The molecule has 1 aromatic rings. The quantitative estimate of drug-likeness (QED) is 0.844. The van der Waals surface area contributed by atoms with Gasteiger partial charge in [-0.05, 0) is 58.6 Å². The highest BCUT2D eigenvalue weighted by Gasteiger charge is 2.35. The summed E-state index contributed by atoms with van der Waals surface area (Å²) in [5, 5.41) is 13.4. The molecular formula is C14H22N2O. The topological polar surface area (TPSA) is 45.1 Å². The first-order valence-corrected chi connectivity index (χ1v) is 6.29. The van der Waals surface area contributed by atoms with Gasteiger partial charge in [-0.25, -0.2) is 4.98 Å². The number of rotatable bonds is 3. The number of pyridine rings is 1. The lowest BCUT2D eigenvalue weighted by atomic mass is 9.86. The van der Waals surface area contributed by atoms with Crippen molar-refractivity contribution in [1.82, 2.24) is 4.98 Å². The van der Waals surface area contributed by atoms with Gasteiger partial charge in [0.25, 0.3) is 0 Å². The van der Waals surface area contributed by atoms with Crippen LogP contribution in [0.1, 0.15) is 45.4 Å². The largest absolute Gasteiger partial charge is 0.388 e. The highest BCUT2D eigenvalue weighted by Crippen LogP contribution is 2.27. The number of aromatic nitrogens is 1. The molecule has 0 amide bonds. The van der Waals surface area contributed by atoms with Gasteiger partial charge in [-0.15, -0.1) is 0 Å². The Morgan fingerprint density at radius 3 is 2.53 bits per heavy atom. The van der Waals surface area contributed by atoms with E-state index in [9.17, 15) is 5.11 Å². The fourth-order valence-corrected chi connectivity index (χ4v) is 1.96. The Morgan fingerprint density at radius 1 is 1.18 bits per heavy atom. The average Bonchev–Trinajstić information content (AvgIpc) is 2.62. The molecule has 0 saturated heterocycles. The van der Waals surface area contributed by atoms with E-state index in [1.165, 1.54) is 17.7 Å². The van der Waals surface area contributed by atoms with E-state index in [1.54, 1.807) is 0 Å². The Hall–Kier alpha value is -1.09. The molecule has 1 aliphatic rings. The fraction of sp³-hybridized carbons (Fsp3) is 0.643. The third-order valence-electron chi connectivity index (χ3n) is 3.90. The van der Waals surface area contributed by atoms with Crippen LogP contribution in [0.15, 0.2) is 12.1 Å². The van der Waals surface area contributed by atoms with E-state index in [4.69, 9.17) is 0 Å². The van der Waals surface area contributed by atoms with Gasteiger partial charge in [-0.3, -0.25) is 0 Å².